The molecule has 2 aromatic rings. The Kier molecular flexibility index (Phi) is 4.14. The zero-order valence-electron chi connectivity index (χ0n) is 11.9. The molecule has 1 aliphatic rings. The van der Waals surface area contributed by atoms with Crippen molar-refractivity contribution in [1.29, 1.82) is 0 Å². The van der Waals surface area contributed by atoms with E-state index >= 15 is 0 Å². The van der Waals surface area contributed by atoms with Crippen LogP contribution in [0.4, 0.5) is 5.69 Å². The molecule has 1 aromatic carbocycles. The van der Waals surface area contributed by atoms with Gasteiger partial charge in [-0.15, -0.1) is 0 Å². The van der Waals surface area contributed by atoms with Crippen molar-refractivity contribution in [3.63, 3.8) is 0 Å². The summed E-state index contributed by atoms with van der Waals surface area (Å²) in [6, 6.07) is 10.6. The highest BCUT2D eigenvalue weighted by Crippen LogP contribution is 2.27. The van der Waals surface area contributed by atoms with E-state index in [-0.39, 0.29) is 0 Å². The van der Waals surface area contributed by atoms with Gasteiger partial charge in [0.2, 0.25) is 0 Å². The summed E-state index contributed by atoms with van der Waals surface area (Å²) in [4.78, 5) is 7.15. The van der Waals surface area contributed by atoms with Crippen molar-refractivity contribution in [3.8, 4) is 0 Å². The number of hydrogen-bond acceptors (Lipinski definition) is 4. The van der Waals surface area contributed by atoms with Gasteiger partial charge >= 0.3 is 0 Å². The summed E-state index contributed by atoms with van der Waals surface area (Å²) >= 11 is 0. The third-order valence-electron chi connectivity index (χ3n) is 3.66. The molecule has 1 aliphatic heterocycles. The van der Waals surface area contributed by atoms with Crippen LogP contribution in [0.15, 0.2) is 30.3 Å². The quantitative estimate of drug-likeness (QED) is 0.925. The van der Waals surface area contributed by atoms with Crippen molar-refractivity contribution in [1.82, 2.24) is 10.3 Å². The van der Waals surface area contributed by atoms with E-state index in [9.17, 15) is 0 Å². The zero-order valence-corrected chi connectivity index (χ0v) is 11.9. The molecule has 0 radical (unpaired) electrons. The second-order valence-electron chi connectivity index (χ2n) is 5.03. The first kappa shape index (κ1) is 13.3. The molecule has 0 spiro atoms. The minimum absolute atomic E-state index is 0.805. The van der Waals surface area contributed by atoms with E-state index in [4.69, 9.17) is 9.72 Å². The number of aromatic nitrogens is 1. The monoisotopic (exact) mass is 271 g/mol. The first-order valence-corrected chi connectivity index (χ1v) is 7.30. The molecular formula is C16H21N3O. The fraction of sp³-hybridized carbons (Fsp3) is 0.438. The highest BCUT2D eigenvalue weighted by Gasteiger charge is 2.15. The molecule has 1 aromatic heterocycles. The lowest BCUT2D eigenvalue weighted by molar-refractivity contribution is 0.123. The van der Waals surface area contributed by atoms with E-state index in [0.29, 0.717) is 0 Å². The van der Waals surface area contributed by atoms with Gasteiger partial charge in [0.1, 0.15) is 0 Å². The lowest BCUT2D eigenvalue weighted by Gasteiger charge is -2.30. The second-order valence-corrected chi connectivity index (χ2v) is 5.03. The molecule has 0 saturated carbocycles. The number of hydrogen-bond donors (Lipinski definition) is 1. The molecule has 0 amide bonds. The molecule has 0 bridgehead atoms. The standard InChI is InChI=1S/C16H21N3O/c1-2-17-12-13-11-16(19-7-9-20-10-8-19)14-5-3-4-6-15(14)18-13/h3-6,11,17H,2,7-10,12H2,1H3. The Hall–Kier alpha value is -1.65. The van der Waals surface area contributed by atoms with Crippen LogP contribution in [0.5, 0.6) is 0 Å². The van der Waals surface area contributed by atoms with Gasteiger partial charge in [-0.3, -0.25) is 4.98 Å². The summed E-state index contributed by atoms with van der Waals surface area (Å²) in [6.45, 7) is 7.41. The molecule has 20 heavy (non-hydrogen) atoms. The molecule has 4 nitrogen and oxygen atoms in total. The van der Waals surface area contributed by atoms with Crippen LogP contribution >= 0.6 is 0 Å². The Morgan fingerprint density at radius 2 is 2.05 bits per heavy atom. The predicted molar refractivity (Wildman–Crippen MR) is 82.2 cm³/mol. The van der Waals surface area contributed by atoms with Crippen molar-refractivity contribution < 1.29 is 4.74 Å². The Bertz CT molecular complexity index is 579. The van der Waals surface area contributed by atoms with Crippen LogP contribution in [0.2, 0.25) is 0 Å². The van der Waals surface area contributed by atoms with Crippen molar-refractivity contribution in [3.05, 3.63) is 36.0 Å². The highest BCUT2D eigenvalue weighted by molar-refractivity contribution is 5.92. The molecule has 1 saturated heterocycles. The van der Waals surface area contributed by atoms with Gasteiger partial charge in [-0.25, -0.2) is 0 Å². The molecular weight excluding hydrogens is 250 g/mol. The lowest BCUT2D eigenvalue weighted by Crippen LogP contribution is -2.36. The SMILES string of the molecule is CCNCc1cc(N2CCOCC2)c2ccccc2n1. The molecule has 0 unspecified atom stereocenters. The Balaban J connectivity index is 2.02. The summed E-state index contributed by atoms with van der Waals surface area (Å²) in [7, 11) is 0. The van der Waals surface area contributed by atoms with Gasteiger partial charge < -0.3 is 15.0 Å². The number of nitrogens with zero attached hydrogens (tertiary/aromatic N) is 2. The number of ether oxygens (including phenoxy) is 1. The second kappa shape index (κ2) is 6.20. The lowest BCUT2D eigenvalue weighted by atomic mass is 10.1. The van der Waals surface area contributed by atoms with Gasteiger partial charge in [0.05, 0.1) is 24.4 Å². The molecule has 0 aliphatic carbocycles. The normalized spacial score (nSPS) is 15.8. The summed E-state index contributed by atoms with van der Waals surface area (Å²) in [5.41, 5.74) is 3.46. The van der Waals surface area contributed by atoms with Gasteiger partial charge in [0.25, 0.3) is 0 Å². The molecule has 0 atom stereocenters. The van der Waals surface area contributed by atoms with E-state index in [0.717, 1.165) is 50.6 Å². The van der Waals surface area contributed by atoms with Crippen LogP contribution in [0, 0.1) is 0 Å². The number of morpholine rings is 1. The van der Waals surface area contributed by atoms with Gasteiger partial charge in [-0.05, 0) is 18.7 Å². The maximum absolute atomic E-state index is 5.46. The first-order chi connectivity index (χ1) is 9.88. The molecule has 1 N–H and O–H groups in total. The number of fused-ring (bicyclic) bond motifs is 1. The van der Waals surface area contributed by atoms with Crippen LogP contribution < -0.4 is 10.2 Å². The van der Waals surface area contributed by atoms with E-state index in [1.54, 1.807) is 0 Å². The highest BCUT2D eigenvalue weighted by atomic mass is 16.5. The van der Waals surface area contributed by atoms with Crippen molar-refractivity contribution in [2.24, 2.45) is 0 Å². The molecule has 1 fully saturated rings. The molecule has 106 valence electrons. The van der Waals surface area contributed by atoms with Crippen LogP contribution in [-0.4, -0.2) is 37.8 Å². The van der Waals surface area contributed by atoms with Crippen LogP contribution in [0.1, 0.15) is 12.6 Å². The fourth-order valence-electron chi connectivity index (χ4n) is 2.62. The first-order valence-electron chi connectivity index (χ1n) is 7.30. The Morgan fingerprint density at radius 3 is 2.85 bits per heavy atom. The fourth-order valence-corrected chi connectivity index (χ4v) is 2.62. The Labute approximate surface area is 119 Å². The largest absolute Gasteiger partial charge is 0.378 e. The molecule has 3 rings (SSSR count). The maximum Gasteiger partial charge on any atom is 0.0726 e. The number of rotatable bonds is 4. The van der Waals surface area contributed by atoms with E-state index in [2.05, 4.69) is 47.5 Å². The maximum atomic E-state index is 5.46. The van der Waals surface area contributed by atoms with Crippen molar-refractivity contribution in [2.75, 3.05) is 37.7 Å². The third kappa shape index (κ3) is 2.76. The van der Waals surface area contributed by atoms with Crippen LogP contribution in [0.25, 0.3) is 10.9 Å². The summed E-state index contributed by atoms with van der Waals surface area (Å²) in [5.74, 6) is 0. The minimum atomic E-state index is 0.805. The zero-order chi connectivity index (χ0) is 13.8. The number of benzene rings is 1. The van der Waals surface area contributed by atoms with Gasteiger partial charge in [-0.2, -0.15) is 0 Å². The number of para-hydroxylation sites is 1. The molecule has 4 heteroatoms. The topological polar surface area (TPSA) is 37.4 Å². The van der Waals surface area contributed by atoms with E-state index < -0.39 is 0 Å². The number of nitrogens with one attached hydrogen (secondary N) is 1. The number of pyridine rings is 1. The summed E-state index contributed by atoms with van der Waals surface area (Å²) < 4.78 is 5.46. The van der Waals surface area contributed by atoms with Crippen LogP contribution in [-0.2, 0) is 11.3 Å². The van der Waals surface area contributed by atoms with Crippen molar-refractivity contribution in [2.45, 2.75) is 13.5 Å². The minimum Gasteiger partial charge on any atom is -0.378 e. The third-order valence-corrected chi connectivity index (χ3v) is 3.66. The van der Waals surface area contributed by atoms with Crippen molar-refractivity contribution >= 4 is 16.6 Å². The van der Waals surface area contributed by atoms with E-state index in [1.807, 2.05) is 0 Å². The van der Waals surface area contributed by atoms with Crippen LogP contribution in [0.3, 0.4) is 0 Å². The number of anilines is 1. The summed E-state index contributed by atoms with van der Waals surface area (Å²) in [5, 5.41) is 4.58. The predicted octanol–water partition coefficient (Wildman–Crippen LogP) is 2.18. The van der Waals surface area contributed by atoms with Gasteiger partial charge in [0, 0.05) is 30.7 Å². The molecule has 2 heterocycles. The summed E-state index contributed by atoms with van der Waals surface area (Å²) in [6.07, 6.45) is 0. The average Bonchev–Trinajstić information content (AvgIpc) is 2.53. The Morgan fingerprint density at radius 1 is 1.25 bits per heavy atom. The van der Waals surface area contributed by atoms with Gasteiger partial charge in [0.15, 0.2) is 0 Å². The van der Waals surface area contributed by atoms with E-state index in [1.165, 1.54) is 11.1 Å². The smallest absolute Gasteiger partial charge is 0.0726 e. The average molecular weight is 271 g/mol. The van der Waals surface area contributed by atoms with Gasteiger partial charge in [-0.1, -0.05) is 25.1 Å².